The van der Waals surface area contributed by atoms with Crippen LogP contribution in [0.2, 0.25) is 0 Å². The number of esters is 1. The second-order valence-electron chi connectivity index (χ2n) is 8.59. The molecule has 0 aromatic rings. The first-order valence-electron chi connectivity index (χ1n) is 12.5. The maximum absolute atomic E-state index is 12.0. The Morgan fingerprint density at radius 1 is 0.794 bits per heavy atom. The lowest BCUT2D eigenvalue weighted by Crippen LogP contribution is -2.49. The molecular formula is C24H49N3O7. The minimum atomic E-state index is -0.501. The van der Waals surface area contributed by atoms with Crippen LogP contribution in [0.3, 0.4) is 0 Å². The van der Waals surface area contributed by atoms with Gasteiger partial charge in [-0.3, -0.25) is 9.69 Å². The quantitative estimate of drug-likeness (QED) is 0.238. The molecule has 1 heterocycles. The van der Waals surface area contributed by atoms with E-state index < -0.39 is 5.60 Å². The Bertz CT molecular complexity index is 507. The van der Waals surface area contributed by atoms with Crippen LogP contribution in [0.4, 0.5) is 0 Å². The fraction of sp³-hybridized carbons (Fsp3) is 0.917. The zero-order chi connectivity index (χ0) is 25.7. The van der Waals surface area contributed by atoms with Gasteiger partial charge < -0.3 is 34.3 Å². The average Bonchev–Trinajstić information content (AvgIpc) is 2.81. The van der Waals surface area contributed by atoms with E-state index in [0.717, 1.165) is 39.1 Å². The van der Waals surface area contributed by atoms with Crippen LogP contribution in [-0.2, 0) is 33.3 Å². The van der Waals surface area contributed by atoms with Gasteiger partial charge in [-0.05, 0) is 33.7 Å². The fourth-order valence-electron chi connectivity index (χ4n) is 3.01. The number of nitrogens with two attached hydrogens (primary N) is 1. The van der Waals surface area contributed by atoms with Gasteiger partial charge in [0.15, 0.2) is 0 Å². The molecule has 0 radical (unpaired) electrons. The van der Waals surface area contributed by atoms with E-state index in [4.69, 9.17) is 29.4 Å². The highest BCUT2D eigenvalue weighted by Gasteiger charge is 2.20. The zero-order valence-corrected chi connectivity index (χ0v) is 22.1. The molecule has 0 aromatic heterocycles. The van der Waals surface area contributed by atoms with Crippen LogP contribution in [0.5, 0.6) is 0 Å². The van der Waals surface area contributed by atoms with E-state index in [1.54, 1.807) is 0 Å². The third-order valence-corrected chi connectivity index (χ3v) is 4.63. The van der Waals surface area contributed by atoms with Crippen LogP contribution < -0.4 is 5.73 Å². The summed E-state index contributed by atoms with van der Waals surface area (Å²) in [5, 5.41) is 0. The van der Waals surface area contributed by atoms with E-state index in [2.05, 4.69) is 4.90 Å². The molecule has 0 aromatic carbocycles. The molecule has 0 saturated carbocycles. The number of carbonyl (C=O) groups is 2. The number of amides is 1. The topological polar surface area (TPSA) is 113 Å². The zero-order valence-electron chi connectivity index (χ0n) is 22.1. The SMILES string of the molecule is CC.CC(C)(C)OC(=O)COCCOCCOCCOCCN1CCN(C(=O)CCCN)CC1. The molecule has 0 unspecified atom stereocenters. The van der Waals surface area contributed by atoms with E-state index in [-0.39, 0.29) is 18.5 Å². The van der Waals surface area contributed by atoms with Crippen molar-refractivity contribution >= 4 is 11.9 Å². The number of nitrogens with zero attached hydrogens (tertiary/aromatic N) is 2. The lowest BCUT2D eigenvalue weighted by molar-refractivity contribution is -0.160. The van der Waals surface area contributed by atoms with Gasteiger partial charge in [0.25, 0.3) is 0 Å². The molecular weight excluding hydrogens is 442 g/mol. The van der Waals surface area contributed by atoms with Crippen molar-refractivity contribution in [3.63, 3.8) is 0 Å². The molecule has 1 aliphatic rings. The van der Waals surface area contributed by atoms with Gasteiger partial charge in [-0.15, -0.1) is 0 Å². The van der Waals surface area contributed by atoms with Crippen molar-refractivity contribution in [2.45, 2.75) is 53.1 Å². The fourth-order valence-corrected chi connectivity index (χ4v) is 3.01. The molecule has 0 bridgehead atoms. The van der Waals surface area contributed by atoms with Crippen molar-refractivity contribution in [3.05, 3.63) is 0 Å². The van der Waals surface area contributed by atoms with E-state index in [1.165, 1.54) is 0 Å². The average molecular weight is 492 g/mol. The van der Waals surface area contributed by atoms with Gasteiger partial charge in [0.05, 0.1) is 46.2 Å². The van der Waals surface area contributed by atoms with Crippen molar-refractivity contribution in [1.29, 1.82) is 0 Å². The summed E-state index contributed by atoms with van der Waals surface area (Å²) in [6.07, 6.45) is 1.30. The summed E-state index contributed by atoms with van der Waals surface area (Å²) in [6, 6.07) is 0. The minimum Gasteiger partial charge on any atom is -0.458 e. The summed E-state index contributed by atoms with van der Waals surface area (Å²) in [5.41, 5.74) is 4.96. The van der Waals surface area contributed by atoms with Crippen LogP contribution >= 0.6 is 0 Å². The number of ether oxygens (including phenoxy) is 5. The Balaban J connectivity index is 0.00000529. The Kier molecular flexibility index (Phi) is 20.2. The molecule has 0 atom stereocenters. The highest BCUT2D eigenvalue weighted by Crippen LogP contribution is 2.07. The molecule has 10 heteroatoms. The van der Waals surface area contributed by atoms with E-state index in [0.29, 0.717) is 59.2 Å². The van der Waals surface area contributed by atoms with Crippen LogP contribution in [-0.4, -0.2) is 119 Å². The summed E-state index contributed by atoms with van der Waals surface area (Å²) in [5.74, 6) is -0.169. The first kappa shape index (κ1) is 32.7. The number of rotatable bonds is 17. The third kappa shape index (κ3) is 19.1. The maximum atomic E-state index is 12.0. The molecule has 1 saturated heterocycles. The summed E-state index contributed by atoms with van der Waals surface area (Å²) >= 11 is 0. The van der Waals surface area contributed by atoms with Crippen LogP contribution in [0.15, 0.2) is 0 Å². The van der Waals surface area contributed by atoms with Crippen LogP contribution in [0, 0.1) is 0 Å². The molecule has 1 rings (SSSR count). The van der Waals surface area contributed by atoms with Gasteiger partial charge in [0, 0.05) is 39.1 Å². The van der Waals surface area contributed by atoms with Crippen molar-refractivity contribution < 1.29 is 33.3 Å². The Hall–Kier alpha value is -1.30. The Morgan fingerprint density at radius 2 is 1.29 bits per heavy atom. The monoisotopic (exact) mass is 491 g/mol. The van der Waals surface area contributed by atoms with Crippen molar-refractivity contribution in [2.24, 2.45) is 5.73 Å². The summed E-state index contributed by atoms with van der Waals surface area (Å²) < 4.78 is 26.8. The standard InChI is InChI=1S/C22H43N3O7.C2H6/c1-22(2,3)32-21(27)19-31-18-17-30-16-15-29-14-13-28-12-11-24-7-9-25(10-8-24)20(26)5-4-6-23;1-2/h4-19,23H2,1-3H3;1-2H3. The molecule has 1 fully saturated rings. The molecule has 34 heavy (non-hydrogen) atoms. The van der Waals surface area contributed by atoms with Gasteiger partial charge in [0.2, 0.25) is 5.91 Å². The highest BCUT2D eigenvalue weighted by molar-refractivity contribution is 5.76. The van der Waals surface area contributed by atoms with Gasteiger partial charge in [-0.2, -0.15) is 0 Å². The molecule has 1 amide bonds. The third-order valence-electron chi connectivity index (χ3n) is 4.63. The summed E-state index contributed by atoms with van der Waals surface area (Å²) in [6.45, 7) is 17.5. The Morgan fingerprint density at radius 3 is 1.79 bits per heavy atom. The predicted molar refractivity (Wildman–Crippen MR) is 132 cm³/mol. The first-order chi connectivity index (χ1) is 16.3. The van der Waals surface area contributed by atoms with E-state index >= 15 is 0 Å². The molecule has 1 aliphatic heterocycles. The lowest BCUT2D eigenvalue weighted by atomic mass is 10.2. The molecule has 0 spiro atoms. The van der Waals surface area contributed by atoms with E-state index in [9.17, 15) is 9.59 Å². The maximum Gasteiger partial charge on any atom is 0.332 e. The normalized spacial score (nSPS) is 14.5. The summed E-state index contributed by atoms with van der Waals surface area (Å²) in [7, 11) is 0. The number of hydrogen-bond donors (Lipinski definition) is 1. The minimum absolute atomic E-state index is 0.0724. The van der Waals surface area contributed by atoms with Crippen LogP contribution in [0.25, 0.3) is 0 Å². The smallest absolute Gasteiger partial charge is 0.332 e. The molecule has 2 N–H and O–H groups in total. The van der Waals surface area contributed by atoms with Crippen molar-refractivity contribution in [2.75, 3.05) is 92.1 Å². The van der Waals surface area contributed by atoms with Gasteiger partial charge in [0.1, 0.15) is 12.2 Å². The van der Waals surface area contributed by atoms with Gasteiger partial charge >= 0.3 is 5.97 Å². The van der Waals surface area contributed by atoms with E-state index in [1.807, 2.05) is 39.5 Å². The van der Waals surface area contributed by atoms with Crippen molar-refractivity contribution in [3.8, 4) is 0 Å². The molecule has 0 aliphatic carbocycles. The number of hydrogen-bond acceptors (Lipinski definition) is 9. The lowest BCUT2D eigenvalue weighted by Gasteiger charge is -2.34. The summed E-state index contributed by atoms with van der Waals surface area (Å²) in [4.78, 5) is 27.7. The van der Waals surface area contributed by atoms with Crippen LogP contribution in [0.1, 0.15) is 47.5 Å². The van der Waals surface area contributed by atoms with Crippen molar-refractivity contribution in [1.82, 2.24) is 9.80 Å². The molecule has 202 valence electrons. The molecule has 10 nitrogen and oxygen atoms in total. The highest BCUT2D eigenvalue weighted by atomic mass is 16.6. The number of piperazine rings is 1. The first-order valence-corrected chi connectivity index (χ1v) is 12.5. The Labute approximate surface area is 206 Å². The van der Waals surface area contributed by atoms with Gasteiger partial charge in [-0.1, -0.05) is 13.8 Å². The number of carbonyl (C=O) groups excluding carboxylic acids is 2. The van der Waals surface area contributed by atoms with Gasteiger partial charge in [-0.25, -0.2) is 4.79 Å². The predicted octanol–water partition coefficient (Wildman–Crippen LogP) is 1.30. The second-order valence-corrected chi connectivity index (χ2v) is 8.59. The second kappa shape index (κ2) is 21.0. The largest absolute Gasteiger partial charge is 0.458 e.